The van der Waals surface area contributed by atoms with Crippen molar-refractivity contribution >= 4 is 5.91 Å². The van der Waals surface area contributed by atoms with Crippen LogP contribution in [0.25, 0.3) is 0 Å². The smallest absolute Gasteiger partial charge is 0.369 e. The average molecular weight is 360 g/mol. The molecule has 0 radical (unpaired) electrons. The first-order chi connectivity index (χ1) is 12.3. The maximum atomic E-state index is 13.2. The zero-order valence-electron chi connectivity index (χ0n) is 14.0. The fourth-order valence-electron chi connectivity index (χ4n) is 4.57. The SMILES string of the molecule is NC(=O)C1(c2ccc3c(c2)CNC3)C(CC(F)(F)F)C1c1ccccc1. The second-order valence-electron chi connectivity index (χ2n) is 7.13. The highest BCUT2D eigenvalue weighted by molar-refractivity contribution is 5.93. The highest BCUT2D eigenvalue weighted by Crippen LogP contribution is 2.68. The molecule has 3 unspecified atom stereocenters. The number of halogens is 3. The summed E-state index contributed by atoms with van der Waals surface area (Å²) in [7, 11) is 0. The molecule has 1 aliphatic carbocycles. The van der Waals surface area contributed by atoms with Crippen LogP contribution in [0, 0.1) is 5.92 Å². The lowest BCUT2D eigenvalue weighted by Crippen LogP contribution is -2.32. The van der Waals surface area contributed by atoms with E-state index in [4.69, 9.17) is 5.73 Å². The Balaban J connectivity index is 1.83. The van der Waals surface area contributed by atoms with Crippen LogP contribution in [0.4, 0.5) is 13.2 Å². The molecule has 136 valence electrons. The van der Waals surface area contributed by atoms with Crippen LogP contribution in [-0.2, 0) is 23.3 Å². The zero-order chi connectivity index (χ0) is 18.5. The lowest BCUT2D eigenvalue weighted by molar-refractivity contribution is -0.140. The summed E-state index contributed by atoms with van der Waals surface area (Å²) >= 11 is 0. The summed E-state index contributed by atoms with van der Waals surface area (Å²) in [5.41, 5.74) is 7.86. The Hall–Kier alpha value is -2.34. The molecule has 0 bridgehead atoms. The number of carbonyl (C=O) groups excluding carboxylic acids is 1. The Labute approximate surface area is 149 Å². The van der Waals surface area contributed by atoms with Crippen LogP contribution in [0.2, 0.25) is 0 Å². The van der Waals surface area contributed by atoms with Crippen LogP contribution in [0.5, 0.6) is 0 Å². The van der Waals surface area contributed by atoms with E-state index in [9.17, 15) is 18.0 Å². The van der Waals surface area contributed by atoms with Crippen LogP contribution in [0.3, 0.4) is 0 Å². The monoisotopic (exact) mass is 360 g/mol. The second-order valence-corrected chi connectivity index (χ2v) is 7.13. The lowest BCUT2D eigenvalue weighted by atomic mass is 9.87. The van der Waals surface area contributed by atoms with Crippen LogP contribution >= 0.6 is 0 Å². The van der Waals surface area contributed by atoms with Gasteiger partial charge in [0.1, 0.15) is 0 Å². The first-order valence-corrected chi connectivity index (χ1v) is 8.58. The predicted octanol–water partition coefficient (Wildman–Crippen LogP) is 3.38. The van der Waals surface area contributed by atoms with E-state index in [1.54, 1.807) is 36.4 Å². The largest absolute Gasteiger partial charge is 0.389 e. The molecule has 0 spiro atoms. The number of hydrogen-bond donors (Lipinski definition) is 2. The van der Waals surface area contributed by atoms with Crippen molar-refractivity contribution in [3.8, 4) is 0 Å². The average Bonchev–Trinajstić information content (AvgIpc) is 2.99. The van der Waals surface area contributed by atoms with Gasteiger partial charge < -0.3 is 11.1 Å². The molecule has 1 heterocycles. The Morgan fingerprint density at radius 2 is 1.81 bits per heavy atom. The predicted molar refractivity (Wildman–Crippen MR) is 91.2 cm³/mol. The minimum atomic E-state index is -4.35. The van der Waals surface area contributed by atoms with Gasteiger partial charge in [-0.25, -0.2) is 0 Å². The molecule has 1 amide bonds. The van der Waals surface area contributed by atoms with Gasteiger partial charge in [0, 0.05) is 25.4 Å². The van der Waals surface area contributed by atoms with Crippen LogP contribution in [0.1, 0.15) is 34.6 Å². The molecule has 2 aliphatic rings. The number of benzene rings is 2. The van der Waals surface area contributed by atoms with E-state index in [2.05, 4.69) is 5.32 Å². The molecule has 1 aliphatic heterocycles. The van der Waals surface area contributed by atoms with Gasteiger partial charge in [0.2, 0.25) is 5.91 Å². The Kier molecular flexibility index (Phi) is 3.84. The summed E-state index contributed by atoms with van der Waals surface area (Å²) in [6.07, 6.45) is -5.38. The third kappa shape index (κ3) is 2.60. The normalized spacial score (nSPS) is 27.2. The molecule has 0 aromatic heterocycles. The van der Waals surface area contributed by atoms with E-state index in [0.717, 1.165) is 23.2 Å². The van der Waals surface area contributed by atoms with Gasteiger partial charge in [-0.05, 0) is 28.2 Å². The summed E-state index contributed by atoms with van der Waals surface area (Å²) < 4.78 is 39.6. The molecule has 3 N–H and O–H groups in total. The molecule has 2 aromatic rings. The van der Waals surface area contributed by atoms with E-state index < -0.39 is 35.8 Å². The highest BCUT2D eigenvalue weighted by atomic mass is 19.4. The Morgan fingerprint density at radius 1 is 1.12 bits per heavy atom. The lowest BCUT2D eigenvalue weighted by Gasteiger charge is -2.17. The van der Waals surface area contributed by atoms with Crippen molar-refractivity contribution in [1.29, 1.82) is 0 Å². The number of carbonyl (C=O) groups is 1. The van der Waals surface area contributed by atoms with Gasteiger partial charge in [0.05, 0.1) is 5.41 Å². The molecule has 26 heavy (non-hydrogen) atoms. The van der Waals surface area contributed by atoms with Crippen molar-refractivity contribution in [2.75, 3.05) is 0 Å². The van der Waals surface area contributed by atoms with Gasteiger partial charge >= 0.3 is 6.18 Å². The van der Waals surface area contributed by atoms with Gasteiger partial charge in [0.15, 0.2) is 0 Å². The molecule has 3 nitrogen and oxygen atoms in total. The van der Waals surface area contributed by atoms with Gasteiger partial charge in [0.25, 0.3) is 0 Å². The summed E-state index contributed by atoms with van der Waals surface area (Å²) in [5.74, 6) is -2.13. The van der Waals surface area contributed by atoms with Crippen molar-refractivity contribution in [3.63, 3.8) is 0 Å². The maximum Gasteiger partial charge on any atom is 0.389 e. The summed E-state index contributed by atoms with van der Waals surface area (Å²) in [6.45, 7) is 1.38. The minimum absolute atomic E-state index is 0.560. The van der Waals surface area contributed by atoms with Crippen LogP contribution in [-0.4, -0.2) is 12.1 Å². The van der Waals surface area contributed by atoms with Crippen molar-refractivity contribution in [1.82, 2.24) is 5.32 Å². The van der Waals surface area contributed by atoms with Gasteiger partial charge in [-0.2, -0.15) is 13.2 Å². The van der Waals surface area contributed by atoms with Crippen LogP contribution in [0.15, 0.2) is 48.5 Å². The quantitative estimate of drug-likeness (QED) is 0.878. The molecule has 6 heteroatoms. The molecule has 0 saturated heterocycles. The number of alkyl halides is 3. The Bertz CT molecular complexity index is 850. The molecule has 3 atom stereocenters. The number of rotatable bonds is 4. The van der Waals surface area contributed by atoms with Crippen molar-refractivity contribution in [3.05, 3.63) is 70.8 Å². The molecular formula is C20H19F3N2O. The number of primary amides is 1. The van der Waals surface area contributed by atoms with E-state index in [1.807, 2.05) is 12.1 Å². The van der Waals surface area contributed by atoms with Crippen molar-refractivity contribution < 1.29 is 18.0 Å². The van der Waals surface area contributed by atoms with Crippen LogP contribution < -0.4 is 11.1 Å². The fourth-order valence-corrected chi connectivity index (χ4v) is 4.57. The molecule has 1 fully saturated rings. The summed E-state index contributed by atoms with van der Waals surface area (Å²) in [5, 5.41) is 3.21. The standard InChI is InChI=1S/C20H19F3N2O/c21-19(22,23)9-16-17(12-4-2-1-3-5-12)20(16,18(24)26)15-7-6-13-10-25-11-14(13)8-15/h1-8,16-17,25H,9-11H2,(H2,24,26). The van der Waals surface area contributed by atoms with E-state index >= 15 is 0 Å². The zero-order valence-corrected chi connectivity index (χ0v) is 14.0. The summed E-state index contributed by atoms with van der Waals surface area (Å²) in [6, 6.07) is 14.4. The number of amides is 1. The fraction of sp³-hybridized carbons (Fsp3) is 0.350. The van der Waals surface area contributed by atoms with E-state index in [0.29, 0.717) is 12.1 Å². The van der Waals surface area contributed by atoms with Gasteiger partial charge in [-0.1, -0.05) is 48.5 Å². The van der Waals surface area contributed by atoms with E-state index in [-0.39, 0.29) is 0 Å². The molecule has 4 rings (SSSR count). The van der Waals surface area contributed by atoms with E-state index in [1.165, 1.54) is 0 Å². The van der Waals surface area contributed by atoms with Crippen molar-refractivity contribution in [2.24, 2.45) is 11.7 Å². The third-order valence-electron chi connectivity index (χ3n) is 5.70. The number of nitrogens with one attached hydrogen (secondary N) is 1. The minimum Gasteiger partial charge on any atom is -0.369 e. The third-order valence-corrected chi connectivity index (χ3v) is 5.70. The molecule has 2 aromatic carbocycles. The second kappa shape index (κ2) is 5.84. The highest BCUT2D eigenvalue weighted by Gasteiger charge is 2.71. The Morgan fingerprint density at radius 3 is 2.46 bits per heavy atom. The number of hydrogen-bond acceptors (Lipinski definition) is 2. The first kappa shape index (κ1) is 17.1. The van der Waals surface area contributed by atoms with Crippen molar-refractivity contribution in [2.45, 2.75) is 37.0 Å². The maximum absolute atomic E-state index is 13.2. The molecule has 1 saturated carbocycles. The molecular weight excluding hydrogens is 341 g/mol. The van der Waals surface area contributed by atoms with Gasteiger partial charge in [-0.3, -0.25) is 4.79 Å². The first-order valence-electron chi connectivity index (χ1n) is 8.58. The topological polar surface area (TPSA) is 55.1 Å². The summed E-state index contributed by atoms with van der Waals surface area (Å²) in [4.78, 5) is 12.5. The number of fused-ring (bicyclic) bond motifs is 1. The number of nitrogens with two attached hydrogens (primary N) is 1. The van der Waals surface area contributed by atoms with Gasteiger partial charge in [-0.15, -0.1) is 0 Å².